The molecule has 1 heterocycles. The van der Waals surface area contributed by atoms with E-state index in [2.05, 4.69) is 6.92 Å². The molecule has 1 aromatic rings. The third kappa shape index (κ3) is 4.31. The summed E-state index contributed by atoms with van der Waals surface area (Å²) in [6, 6.07) is 9.69. The Kier molecular flexibility index (Phi) is 5.02. The van der Waals surface area contributed by atoms with Crippen molar-refractivity contribution in [3.05, 3.63) is 30.3 Å². The number of aliphatic hydroxyl groups is 1. The first-order chi connectivity index (χ1) is 8.74. The van der Waals surface area contributed by atoms with Crippen molar-refractivity contribution in [3.8, 4) is 5.75 Å². The molecular formula is C15H24NO2+. The van der Waals surface area contributed by atoms with E-state index in [1.807, 2.05) is 30.3 Å². The SMILES string of the molecule is C[C@H]1CCC[NH+](C[C@@H](O)COc2ccccc2)C1. The lowest BCUT2D eigenvalue weighted by atomic mass is 10.0. The molecule has 1 aromatic carbocycles. The second kappa shape index (κ2) is 6.76. The summed E-state index contributed by atoms with van der Waals surface area (Å²) in [6.07, 6.45) is 2.24. The third-order valence-corrected chi connectivity index (χ3v) is 3.57. The van der Waals surface area contributed by atoms with E-state index in [9.17, 15) is 5.11 Å². The third-order valence-electron chi connectivity index (χ3n) is 3.57. The van der Waals surface area contributed by atoms with Gasteiger partial charge in [-0.05, 0) is 25.0 Å². The van der Waals surface area contributed by atoms with Crippen molar-refractivity contribution in [2.75, 3.05) is 26.2 Å². The van der Waals surface area contributed by atoms with Crippen molar-refractivity contribution < 1.29 is 14.7 Å². The molecule has 1 unspecified atom stereocenters. The summed E-state index contributed by atoms with van der Waals surface area (Å²) in [5.41, 5.74) is 0. The number of benzene rings is 1. The summed E-state index contributed by atoms with van der Waals surface area (Å²) in [5.74, 6) is 1.62. The fourth-order valence-corrected chi connectivity index (χ4v) is 2.68. The van der Waals surface area contributed by atoms with Gasteiger partial charge in [-0.15, -0.1) is 0 Å². The number of piperidine rings is 1. The summed E-state index contributed by atoms with van der Waals surface area (Å²) in [7, 11) is 0. The molecule has 2 rings (SSSR count). The molecule has 1 saturated heterocycles. The van der Waals surface area contributed by atoms with Gasteiger partial charge in [0.2, 0.25) is 0 Å². The van der Waals surface area contributed by atoms with Crippen LogP contribution in [0.3, 0.4) is 0 Å². The standard InChI is InChI=1S/C15H23NO2/c1-13-6-5-9-16(10-13)11-14(17)12-18-15-7-3-2-4-8-15/h2-4,7-8,13-14,17H,5-6,9-12H2,1H3/p+1/t13-,14+/m0/s1. The normalized spacial score (nSPS) is 25.7. The van der Waals surface area contributed by atoms with Crippen molar-refractivity contribution in [2.24, 2.45) is 5.92 Å². The highest BCUT2D eigenvalue weighted by molar-refractivity contribution is 5.20. The first-order valence-electron chi connectivity index (χ1n) is 6.93. The molecule has 0 spiro atoms. The average Bonchev–Trinajstić information content (AvgIpc) is 2.38. The number of aliphatic hydroxyl groups excluding tert-OH is 1. The van der Waals surface area contributed by atoms with Crippen LogP contribution < -0.4 is 9.64 Å². The van der Waals surface area contributed by atoms with Gasteiger partial charge in [0.25, 0.3) is 0 Å². The zero-order chi connectivity index (χ0) is 12.8. The van der Waals surface area contributed by atoms with Gasteiger partial charge < -0.3 is 14.7 Å². The first kappa shape index (κ1) is 13.4. The number of para-hydroxylation sites is 1. The number of quaternary nitrogens is 1. The Balaban J connectivity index is 1.70. The Morgan fingerprint density at radius 1 is 1.39 bits per heavy atom. The highest BCUT2D eigenvalue weighted by atomic mass is 16.5. The molecule has 3 atom stereocenters. The quantitative estimate of drug-likeness (QED) is 0.808. The molecule has 0 saturated carbocycles. The number of hydrogen-bond donors (Lipinski definition) is 2. The number of nitrogens with one attached hydrogen (secondary N) is 1. The van der Waals surface area contributed by atoms with Gasteiger partial charge in [0.15, 0.2) is 0 Å². The Hall–Kier alpha value is -1.06. The Morgan fingerprint density at radius 2 is 2.17 bits per heavy atom. The van der Waals surface area contributed by atoms with Gasteiger partial charge in [-0.1, -0.05) is 25.1 Å². The van der Waals surface area contributed by atoms with Crippen LogP contribution in [0.4, 0.5) is 0 Å². The van der Waals surface area contributed by atoms with Crippen LogP contribution in [0.1, 0.15) is 19.8 Å². The highest BCUT2D eigenvalue weighted by Gasteiger charge is 2.22. The fourth-order valence-electron chi connectivity index (χ4n) is 2.68. The van der Waals surface area contributed by atoms with Crippen molar-refractivity contribution in [2.45, 2.75) is 25.9 Å². The predicted molar refractivity (Wildman–Crippen MR) is 71.9 cm³/mol. The van der Waals surface area contributed by atoms with Crippen LogP contribution in [0.25, 0.3) is 0 Å². The molecule has 1 aliphatic heterocycles. The van der Waals surface area contributed by atoms with Crippen molar-refractivity contribution >= 4 is 0 Å². The Bertz CT molecular complexity index is 342. The summed E-state index contributed by atoms with van der Waals surface area (Å²) in [4.78, 5) is 1.51. The predicted octanol–water partition coefficient (Wildman–Crippen LogP) is 0.741. The molecule has 0 amide bonds. The van der Waals surface area contributed by atoms with E-state index in [1.165, 1.54) is 30.8 Å². The maximum absolute atomic E-state index is 10.0. The molecule has 0 radical (unpaired) electrons. The summed E-state index contributed by atoms with van der Waals surface area (Å²) in [6.45, 7) is 5.86. The van der Waals surface area contributed by atoms with E-state index in [0.717, 1.165) is 18.2 Å². The maximum atomic E-state index is 10.0. The van der Waals surface area contributed by atoms with E-state index in [4.69, 9.17) is 4.74 Å². The Morgan fingerprint density at radius 3 is 2.89 bits per heavy atom. The molecular weight excluding hydrogens is 226 g/mol. The van der Waals surface area contributed by atoms with E-state index < -0.39 is 0 Å². The summed E-state index contributed by atoms with van der Waals surface area (Å²) in [5, 5.41) is 10.0. The topological polar surface area (TPSA) is 33.9 Å². The average molecular weight is 250 g/mol. The Labute approximate surface area is 109 Å². The summed E-state index contributed by atoms with van der Waals surface area (Å²) >= 11 is 0. The van der Waals surface area contributed by atoms with Crippen LogP contribution in [0.5, 0.6) is 5.75 Å². The van der Waals surface area contributed by atoms with Gasteiger partial charge in [0.1, 0.15) is 25.0 Å². The van der Waals surface area contributed by atoms with Crippen LogP contribution in [0.15, 0.2) is 30.3 Å². The molecule has 18 heavy (non-hydrogen) atoms. The molecule has 0 aromatic heterocycles. The minimum atomic E-state index is -0.370. The van der Waals surface area contributed by atoms with Crippen molar-refractivity contribution in [1.29, 1.82) is 0 Å². The molecule has 2 N–H and O–H groups in total. The fraction of sp³-hybridized carbons (Fsp3) is 0.600. The maximum Gasteiger partial charge on any atom is 0.137 e. The number of ether oxygens (including phenoxy) is 1. The lowest BCUT2D eigenvalue weighted by molar-refractivity contribution is -0.911. The minimum absolute atomic E-state index is 0.370. The molecule has 3 nitrogen and oxygen atoms in total. The van der Waals surface area contributed by atoms with E-state index in [1.54, 1.807) is 0 Å². The van der Waals surface area contributed by atoms with Gasteiger partial charge in [-0.25, -0.2) is 0 Å². The number of hydrogen-bond acceptors (Lipinski definition) is 2. The number of rotatable bonds is 5. The lowest BCUT2D eigenvalue weighted by Gasteiger charge is -2.29. The van der Waals surface area contributed by atoms with Gasteiger partial charge in [0.05, 0.1) is 13.1 Å². The monoisotopic (exact) mass is 250 g/mol. The van der Waals surface area contributed by atoms with Gasteiger partial charge in [-0.2, -0.15) is 0 Å². The van der Waals surface area contributed by atoms with E-state index in [0.29, 0.717) is 6.61 Å². The van der Waals surface area contributed by atoms with Gasteiger partial charge in [-0.3, -0.25) is 0 Å². The molecule has 1 aliphatic rings. The van der Waals surface area contributed by atoms with Crippen LogP contribution in [-0.2, 0) is 0 Å². The van der Waals surface area contributed by atoms with Crippen LogP contribution in [0, 0.1) is 5.92 Å². The highest BCUT2D eigenvalue weighted by Crippen LogP contribution is 2.08. The summed E-state index contributed by atoms with van der Waals surface area (Å²) < 4.78 is 5.57. The van der Waals surface area contributed by atoms with Crippen molar-refractivity contribution in [1.82, 2.24) is 0 Å². The lowest BCUT2D eigenvalue weighted by Crippen LogP contribution is -3.14. The second-order valence-corrected chi connectivity index (χ2v) is 5.43. The largest absolute Gasteiger partial charge is 0.491 e. The number of likely N-dealkylation sites (tertiary alicyclic amines) is 1. The zero-order valence-corrected chi connectivity index (χ0v) is 11.1. The van der Waals surface area contributed by atoms with E-state index in [-0.39, 0.29) is 6.10 Å². The molecule has 1 fully saturated rings. The second-order valence-electron chi connectivity index (χ2n) is 5.43. The zero-order valence-electron chi connectivity index (χ0n) is 11.1. The minimum Gasteiger partial charge on any atom is -0.491 e. The van der Waals surface area contributed by atoms with E-state index >= 15 is 0 Å². The van der Waals surface area contributed by atoms with Gasteiger partial charge in [0, 0.05) is 5.92 Å². The van der Waals surface area contributed by atoms with Crippen molar-refractivity contribution in [3.63, 3.8) is 0 Å². The van der Waals surface area contributed by atoms with Crippen LogP contribution in [0.2, 0.25) is 0 Å². The first-order valence-corrected chi connectivity index (χ1v) is 6.93. The van der Waals surface area contributed by atoms with Gasteiger partial charge >= 0.3 is 0 Å². The molecule has 0 bridgehead atoms. The molecule has 0 aliphatic carbocycles. The molecule has 3 heteroatoms. The van der Waals surface area contributed by atoms with Crippen LogP contribution >= 0.6 is 0 Å². The smallest absolute Gasteiger partial charge is 0.137 e. The van der Waals surface area contributed by atoms with Crippen LogP contribution in [-0.4, -0.2) is 37.5 Å². The molecule has 100 valence electrons.